The number of carbonyl (C=O) groups excluding carboxylic acids is 1. The van der Waals surface area contributed by atoms with Crippen LogP contribution in [0.2, 0.25) is 0 Å². The molecule has 0 aliphatic heterocycles. The fourth-order valence-electron chi connectivity index (χ4n) is 2.47. The predicted octanol–water partition coefficient (Wildman–Crippen LogP) is 2.13. The van der Waals surface area contributed by atoms with Gasteiger partial charge >= 0.3 is 0 Å². The van der Waals surface area contributed by atoms with Gasteiger partial charge in [-0.2, -0.15) is 0 Å². The topological polar surface area (TPSA) is 64.3 Å². The minimum atomic E-state index is -0.0892. The number of carbonyl (C=O) groups is 1. The van der Waals surface area contributed by atoms with E-state index in [0.717, 1.165) is 25.4 Å². The summed E-state index contributed by atoms with van der Waals surface area (Å²) in [7, 11) is 0. The second-order valence-electron chi connectivity index (χ2n) is 4.96. The molecule has 4 nitrogen and oxygen atoms in total. The largest absolute Gasteiger partial charge is 0.378 e. The van der Waals surface area contributed by atoms with Crippen LogP contribution in [0.15, 0.2) is 0 Å². The lowest BCUT2D eigenvalue weighted by molar-refractivity contribution is -0.121. The van der Waals surface area contributed by atoms with Gasteiger partial charge in [0.25, 0.3) is 0 Å². The monoisotopic (exact) mass is 242 g/mol. The van der Waals surface area contributed by atoms with Crippen molar-refractivity contribution < 1.29 is 9.53 Å². The molecule has 17 heavy (non-hydrogen) atoms. The molecular weight excluding hydrogens is 216 g/mol. The van der Waals surface area contributed by atoms with Crippen molar-refractivity contribution in [2.45, 2.75) is 64.4 Å². The summed E-state index contributed by atoms with van der Waals surface area (Å²) in [6.45, 7) is 3.04. The van der Waals surface area contributed by atoms with Gasteiger partial charge in [0.05, 0.1) is 6.10 Å². The molecule has 2 unspecified atom stereocenters. The summed E-state index contributed by atoms with van der Waals surface area (Å²) in [6.07, 6.45) is 9.13. The summed E-state index contributed by atoms with van der Waals surface area (Å²) in [4.78, 5) is 10.9. The van der Waals surface area contributed by atoms with Crippen LogP contribution in [-0.2, 0) is 9.53 Å². The fraction of sp³-hybridized carbons (Fsp3) is 0.923. The van der Waals surface area contributed by atoms with Crippen LogP contribution in [0.1, 0.15) is 58.3 Å². The third-order valence-corrected chi connectivity index (χ3v) is 3.62. The van der Waals surface area contributed by atoms with Crippen LogP contribution >= 0.6 is 0 Å². The van der Waals surface area contributed by atoms with Crippen molar-refractivity contribution in [1.82, 2.24) is 5.43 Å². The van der Waals surface area contributed by atoms with Crippen molar-refractivity contribution in [2.75, 3.05) is 6.61 Å². The number of unbranched alkanes of at least 4 members (excludes halogenated alkanes) is 1. The summed E-state index contributed by atoms with van der Waals surface area (Å²) < 4.78 is 5.87. The molecule has 0 radical (unpaired) electrons. The number of amides is 1. The standard InChI is InChI=1S/C13H26N2O2/c1-2-11-6-5-7-12(10-11)17-9-4-3-8-13(16)15-14/h11-12H,2-10,14H2,1H3,(H,15,16). The quantitative estimate of drug-likeness (QED) is 0.311. The van der Waals surface area contributed by atoms with Crippen molar-refractivity contribution in [2.24, 2.45) is 11.8 Å². The number of hydrogen-bond donors (Lipinski definition) is 2. The Kier molecular flexibility index (Phi) is 7.21. The maximum Gasteiger partial charge on any atom is 0.233 e. The van der Waals surface area contributed by atoms with Crippen LogP contribution in [-0.4, -0.2) is 18.6 Å². The Hall–Kier alpha value is -0.610. The molecule has 0 bridgehead atoms. The van der Waals surface area contributed by atoms with Crippen molar-refractivity contribution in [3.8, 4) is 0 Å². The van der Waals surface area contributed by atoms with E-state index >= 15 is 0 Å². The SMILES string of the molecule is CCC1CCCC(OCCCCC(=O)NN)C1. The Balaban J connectivity index is 2.00. The van der Waals surface area contributed by atoms with E-state index in [-0.39, 0.29) is 5.91 Å². The van der Waals surface area contributed by atoms with Crippen LogP contribution in [0, 0.1) is 5.92 Å². The molecule has 1 aliphatic carbocycles. The average molecular weight is 242 g/mol. The van der Waals surface area contributed by atoms with Gasteiger partial charge in [-0.15, -0.1) is 0 Å². The minimum Gasteiger partial charge on any atom is -0.378 e. The molecule has 1 saturated carbocycles. The van der Waals surface area contributed by atoms with Gasteiger partial charge in [-0.1, -0.05) is 26.2 Å². The van der Waals surface area contributed by atoms with Crippen molar-refractivity contribution >= 4 is 5.91 Å². The average Bonchev–Trinajstić information content (AvgIpc) is 2.38. The van der Waals surface area contributed by atoms with E-state index in [9.17, 15) is 4.79 Å². The lowest BCUT2D eigenvalue weighted by Crippen LogP contribution is -2.29. The Morgan fingerprint density at radius 1 is 1.41 bits per heavy atom. The summed E-state index contributed by atoms with van der Waals surface area (Å²) in [5, 5.41) is 0. The summed E-state index contributed by atoms with van der Waals surface area (Å²) in [5.74, 6) is 5.77. The summed E-state index contributed by atoms with van der Waals surface area (Å²) in [5.41, 5.74) is 2.14. The highest BCUT2D eigenvalue weighted by atomic mass is 16.5. The number of nitrogens with two attached hydrogens (primary N) is 1. The van der Waals surface area contributed by atoms with Crippen molar-refractivity contribution in [1.29, 1.82) is 0 Å². The molecule has 100 valence electrons. The van der Waals surface area contributed by atoms with Crippen LogP contribution < -0.4 is 11.3 Å². The smallest absolute Gasteiger partial charge is 0.233 e. The van der Waals surface area contributed by atoms with Crippen molar-refractivity contribution in [3.63, 3.8) is 0 Å². The molecule has 1 amide bonds. The predicted molar refractivity (Wildman–Crippen MR) is 68.2 cm³/mol. The summed E-state index contributed by atoms with van der Waals surface area (Å²) in [6, 6.07) is 0. The van der Waals surface area contributed by atoms with Gasteiger partial charge in [0.1, 0.15) is 0 Å². The molecule has 1 rings (SSSR count). The highest BCUT2D eigenvalue weighted by Crippen LogP contribution is 2.28. The van der Waals surface area contributed by atoms with E-state index in [4.69, 9.17) is 10.6 Å². The molecule has 4 heteroatoms. The Labute approximate surface area is 104 Å². The third-order valence-electron chi connectivity index (χ3n) is 3.62. The van der Waals surface area contributed by atoms with Gasteiger partial charge in [-0.3, -0.25) is 10.2 Å². The van der Waals surface area contributed by atoms with Crippen LogP contribution in [0.25, 0.3) is 0 Å². The Bertz CT molecular complexity index is 221. The van der Waals surface area contributed by atoms with Gasteiger partial charge in [0.15, 0.2) is 0 Å². The normalized spacial score (nSPS) is 24.6. The van der Waals surface area contributed by atoms with Gasteiger partial charge in [-0.25, -0.2) is 5.84 Å². The molecule has 3 N–H and O–H groups in total. The van der Waals surface area contributed by atoms with E-state index in [0.29, 0.717) is 12.5 Å². The van der Waals surface area contributed by atoms with Gasteiger partial charge in [0, 0.05) is 13.0 Å². The van der Waals surface area contributed by atoms with Gasteiger partial charge in [-0.05, 0) is 31.6 Å². The molecule has 0 saturated heterocycles. The zero-order valence-corrected chi connectivity index (χ0v) is 10.9. The van der Waals surface area contributed by atoms with E-state index in [1.807, 2.05) is 0 Å². The Morgan fingerprint density at radius 2 is 2.24 bits per heavy atom. The van der Waals surface area contributed by atoms with Crippen LogP contribution in [0.3, 0.4) is 0 Å². The second-order valence-corrected chi connectivity index (χ2v) is 4.96. The molecule has 1 fully saturated rings. The van der Waals surface area contributed by atoms with E-state index in [2.05, 4.69) is 12.3 Å². The number of nitrogens with one attached hydrogen (secondary N) is 1. The molecule has 1 aliphatic rings. The minimum absolute atomic E-state index is 0.0892. The first-order chi connectivity index (χ1) is 8.26. The molecule has 0 aromatic heterocycles. The molecule has 2 atom stereocenters. The number of hydrogen-bond acceptors (Lipinski definition) is 3. The van der Waals surface area contributed by atoms with Crippen molar-refractivity contribution in [3.05, 3.63) is 0 Å². The molecule has 0 heterocycles. The first-order valence-corrected chi connectivity index (χ1v) is 6.87. The lowest BCUT2D eigenvalue weighted by atomic mass is 9.85. The maximum atomic E-state index is 10.9. The van der Waals surface area contributed by atoms with Crippen LogP contribution in [0.4, 0.5) is 0 Å². The highest BCUT2D eigenvalue weighted by molar-refractivity contribution is 5.74. The number of ether oxygens (including phenoxy) is 1. The first-order valence-electron chi connectivity index (χ1n) is 6.87. The lowest BCUT2D eigenvalue weighted by Gasteiger charge is -2.28. The van der Waals surface area contributed by atoms with Gasteiger partial charge in [0.2, 0.25) is 5.91 Å². The zero-order chi connectivity index (χ0) is 12.5. The Morgan fingerprint density at radius 3 is 2.94 bits per heavy atom. The first kappa shape index (κ1) is 14.5. The molecule has 0 aromatic carbocycles. The number of hydrazine groups is 1. The van der Waals surface area contributed by atoms with Gasteiger partial charge < -0.3 is 4.74 Å². The molecular formula is C13H26N2O2. The summed E-state index contributed by atoms with van der Waals surface area (Å²) >= 11 is 0. The molecule has 0 aromatic rings. The molecule has 0 spiro atoms. The number of rotatable bonds is 7. The highest BCUT2D eigenvalue weighted by Gasteiger charge is 2.20. The van der Waals surface area contributed by atoms with E-state index in [1.54, 1.807) is 0 Å². The fourth-order valence-corrected chi connectivity index (χ4v) is 2.47. The zero-order valence-electron chi connectivity index (χ0n) is 10.9. The van der Waals surface area contributed by atoms with Crippen LogP contribution in [0.5, 0.6) is 0 Å². The third kappa shape index (κ3) is 6.03. The van der Waals surface area contributed by atoms with E-state index < -0.39 is 0 Å². The maximum absolute atomic E-state index is 10.9. The second kappa shape index (κ2) is 8.48. The van der Waals surface area contributed by atoms with E-state index in [1.165, 1.54) is 32.1 Å².